The van der Waals surface area contributed by atoms with Crippen LogP contribution in [0.2, 0.25) is 0 Å². The summed E-state index contributed by atoms with van der Waals surface area (Å²) in [6, 6.07) is 3.19. The topological polar surface area (TPSA) is 170 Å². The summed E-state index contributed by atoms with van der Waals surface area (Å²) in [7, 11) is 2.96. The van der Waals surface area contributed by atoms with Crippen molar-refractivity contribution >= 4 is 29.1 Å². The number of rotatable bonds is 9. The molecule has 0 atom stereocenters. The van der Waals surface area contributed by atoms with Crippen molar-refractivity contribution in [2.45, 2.75) is 19.9 Å². The van der Waals surface area contributed by atoms with E-state index in [2.05, 4.69) is 46.2 Å². The summed E-state index contributed by atoms with van der Waals surface area (Å²) in [5.74, 6) is 0.867. The molecule has 190 valence electrons. The molecule has 1 aliphatic heterocycles. The second-order valence-corrected chi connectivity index (χ2v) is 7.74. The van der Waals surface area contributed by atoms with Gasteiger partial charge in [0.05, 0.1) is 38.1 Å². The zero-order valence-electron chi connectivity index (χ0n) is 20.2. The number of pyridine rings is 1. The molecule has 3 N–H and O–H groups in total. The van der Waals surface area contributed by atoms with Gasteiger partial charge in [-0.15, -0.1) is 10.2 Å². The van der Waals surface area contributed by atoms with Crippen LogP contribution in [0.25, 0.3) is 11.4 Å². The highest BCUT2D eigenvalue weighted by Crippen LogP contribution is 2.35. The van der Waals surface area contributed by atoms with Crippen LogP contribution < -0.4 is 20.7 Å². The molecule has 3 aromatic rings. The first kappa shape index (κ1) is 24.9. The molecule has 14 heteroatoms. The van der Waals surface area contributed by atoms with Crippen LogP contribution in [-0.4, -0.2) is 82.5 Å². The van der Waals surface area contributed by atoms with Crippen molar-refractivity contribution in [2.24, 2.45) is 0 Å². The molecule has 0 saturated carbocycles. The minimum absolute atomic E-state index is 0.00797. The van der Waals surface area contributed by atoms with Crippen molar-refractivity contribution in [1.29, 1.82) is 0 Å². The van der Waals surface area contributed by atoms with E-state index in [-0.39, 0.29) is 35.3 Å². The Morgan fingerprint density at radius 3 is 2.75 bits per heavy atom. The van der Waals surface area contributed by atoms with Crippen LogP contribution in [0.15, 0.2) is 22.9 Å². The van der Waals surface area contributed by atoms with Crippen LogP contribution in [0.1, 0.15) is 29.7 Å². The van der Waals surface area contributed by atoms with E-state index in [1.165, 1.54) is 20.2 Å². The first-order valence-electron chi connectivity index (χ1n) is 11.3. The molecule has 3 aromatic heterocycles. The smallest absolute Gasteiger partial charge is 0.273 e. The van der Waals surface area contributed by atoms with Crippen molar-refractivity contribution < 1.29 is 23.6 Å². The van der Waals surface area contributed by atoms with Gasteiger partial charge >= 0.3 is 0 Å². The molecule has 0 spiro atoms. The number of ether oxygens (including phenoxy) is 2. The average Bonchev–Trinajstić information content (AvgIpc) is 3.37. The summed E-state index contributed by atoms with van der Waals surface area (Å²) in [6.07, 6.45) is 1.81. The van der Waals surface area contributed by atoms with Gasteiger partial charge in [-0.2, -0.15) is 4.98 Å². The van der Waals surface area contributed by atoms with E-state index in [4.69, 9.17) is 14.0 Å². The normalized spacial score (nSPS) is 13.8. The SMILES string of the molecule is CCC(=O)Nc1cc(Nc2nccc(-c3noc(CN4CCOCC4)n3)c2OC)c(C(=O)NC)nn1. The van der Waals surface area contributed by atoms with E-state index in [0.29, 0.717) is 42.8 Å². The monoisotopic (exact) mass is 497 g/mol. The predicted molar refractivity (Wildman–Crippen MR) is 128 cm³/mol. The lowest BCUT2D eigenvalue weighted by atomic mass is 10.2. The van der Waals surface area contributed by atoms with Gasteiger partial charge in [-0.3, -0.25) is 14.5 Å². The molecule has 2 amide bonds. The standard InChI is InChI=1S/C22H27N9O5/c1-4-16(32)26-15-11-14(18(29-28-15)22(33)23-2)25-21-19(34-3)13(5-6-24-21)20-27-17(36-30-20)12-31-7-9-35-10-8-31/h5-6,11H,4,7-10,12H2,1-3H3,(H,23,33)(H2,24,25,26,28,32). The third-order valence-electron chi connectivity index (χ3n) is 5.36. The molecular formula is C22H27N9O5. The van der Waals surface area contributed by atoms with Gasteiger partial charge in [-0.25, -0.2) is 4.98 Å². The fourth-order valence-electron chi connectivity index (χ4n) is 3.49. The van der Waals surface area contributed by atoms with Gasteiger partial charge in [0.1, 0.15) is 0 Å². The first-order valence-corrected chi connectivity index (χ1v) is 11.3. The highest BCUT2D eigenvalue weighted by molar-refractivity contribution is 5.99. The molecule has 0 aromatic carbocycles. The largest absolute Gasteiger partial charge is 0.492 e. The maximum absolute atomic E-state index is 12.4. The number of aromatic nitrogens is 5. The van der Waals surface area contributed by atoms with E-state index >= 15 is 0 Å². The predicted octanol–water partition coefficient (Wildman–Crippen LogP) is 1.21. The molecule has 1 fully saturated rings. The van der Waals surface area contributed by atoms with Gasteiger partial charge in [-0.05, 0) is 6.07 Å². The summed E-state index contributed by atoms with van der Waals surface area (Å²) in [5.41, 5.74) is 0.809. The molecule has 4 heterocycles. The van der Waals surface area contributed by atoms with Crippen molar-refractivity contribution in [1.82, 2.24) is 35.5 Å². The third kappa shape index (κ3) is 5.72. The number of nitrogens with zero attached hydrogens (tertiary/aromatic N) is 6. The first-order chi connectivity index (χ1) is 17.5. The van der Waals surface area contributed by atoms with Gasteiger partial charge < -0.3 is 29.9 Å². The zero-order chi connectivity index (χ0) is 25.5. The number of carbonyl (C=O) groups is 2. The number of hydrogen-bond donors (Lipinski definition) is 3. The molecular weight excluding hydrogens is 470 g/mol. The number of nitrogens with one attached hydrogen (secondary N) is 3. The number of anilines is 3. The number of methoxy groups -OCH3 is 1. The quantitative estimate of drug-likeness (QED) is 0.387. The molecule has 1 saturated heterocycles. The molecule has 14 nitrogen and oxygen atoms in total. The van der Waals surface area contributed by atoms with Crippen molar-refractivity contribution in [2.75, 3.05) is 51.1 Å². The number of amides is 2. The summed E-state index contributed by atoms with van der Waals surface area (Å²) in [6.45, 7) is 5.14. The van der Waals surface area contributed by atoms with Crippen molar-refractivity contribution in [3.63, 3.8) is 0 Å². The molecule has 4 rings (SSSR count). The molecule has 0 bridgehead atoms. The molecule has 0 aliphatic carbocycles. The Labute approximate surface area is 206 Å². The van der Waals surface area contributed by atoms with Crippen molar-refractivity contribution in [3.8, 4) is 17.1 Å². The number of carbonyl (C=O) groups excluding carboxylic acids is 2. The van der Waals surface area contributed by atoms with Gasteiger partial charge in [0, 0.05) is 38.8 Å². The summed E-state index contributed by atoms with van der Waals surface area (Å²) < 4.78 is 16.5. The van der Waals surface area contributed by atoms with E-state index in [0.717, 1.165) is 13.1 Å². The molecule has 0 radical (unpaired) electrons. The zero-order valence-corrected chi connectivity index (χ0v) is 20.2. The Morgan fingerprint density at radius 1 is 1.22 bits per heavy atom. The van der Waals surface area contributed by atoms with E-state index in [1.807, 2.05) is 0 Å². The second-order valence-electron chi connectivity index (χ2n) is 7.74. The van der Waals surface area contributed by atoms with Gasteiger partial charge in [-0.1, -0.05) is 12.1 Å². The van der Waals surface area contributed by atoms with E-state index < -0.39 is 5.91 Å². The Morgan fingerprint density at radius 2 is 2.03 bits per heavy atom. The Bertz CT molecular complexity index is 1230. The Kier molecular flexibility index (Phi) is 7.97. The lowest BCUT2D eigenvalue weighted by molar-refractivity contribution is -0.115. The highest BCUT2D eigenvalue weighted by atomic mass is 16.5. The van der Waals surface area contributed by atoms with E-state index in [1.54, 1.807) is 19.2 Å². The maximum Gasteiger partial charge on any atom is 0.273 e. The fourth-order valence-corrected chi connectivity index (χ4v) is 3.49. The fraction of sp³-hybridized carbons (Fsp3) is 0.409. The Balaban J connectivity index is 1.63. The molecule has 36 heavy (non-hydrogen) atoms. The minimum Gasteiger partial charge on any atom is -0.492 e. The van der Waals surface area contributed by atoms with Crippen LogP contribution in [0, 0.1) is 0 Å². The maximum atomic E-state index is 12.4. The van der Waals surface area contributed by atoms with Crippen LogP contribution in [0.3, 0.4) is 0 Å². The van der Waals surface area contributed by atoms with Crippen LogP contribution in [-0.2, 0) is 16.1 Å². The third-order valence-corrected chi connectivity index (χ3v) is 5.36. The molecule has 1 aliphatic rings. The number of morpholine rings is 1. The second kappa shape index (κ2) is 11.5. The Hall–Kier alpha value is -4.17. The van der Waals surface area contributed by atoms with Gasteiger partial charge in [0.15, 0.2) is 23.1 Å². The van der Waals surface area contributed by atoms with Gasteiger partial charge in [0.25, 0.3) is 5.91 Å². The van der Waals surface area contributed by atoms with Crippen LogP contribution in [0.5, 0.6) is 5.75 Å². The van der Waals surface area contributed by atoms with Crippen molar-refractivity contribution in [3.05, 3.63) is 29.9 Å². The van der Waals surface area contributed by atoms with E-state index in [9.17, 15) is 9.59 Å². The van der Waals surface area contributed by atoms with Crippen LogP contribution in [0.4, 0.5) is 17.3 Å². The summed E-state index contributed by atoms with van der Waals surface area (Å²) >= 11 is 0. The minimum atomic E-state index is -0.473. The lowest BCUT2D eigenvalue weighted by Crippen LogP contribution is -2.35. The summed E-state index contributed by atoms with van der Waals surface area (Å²) in [4.78, 5) is 35.2. The molecule has 0 unspecified atom stereocenters. The van der Waals surface area contributed by atoms with Gasteiger partial charge in [0.2, 0.25) is 17.6 Å². The summed E-state index contributed by atoms with van der Waals surface area (Å²) in [5, 5.41) is 20.2. The van der Waals surface area contributed by atoms with Crippen LogP contribution >= 0.6 is 0 Å². The number of hydrogen-bond acceptors (Lipinski definition) is 12. The highest BCUT2D eigenvalue weighted by Gasteiger charge is 2.22. The lowest BCUT2D eigenvalue weighted by Gasteiger charge is -2.24. The average molecular weight is 498 g/mol.